The zero-order valence-electron chi connectivity index (χ0n) is 7.81. The van der Waals surface area contributed by atoms with E-state index in [1.54, 1.807) is 6.92 Å². The van der Waals surface area contributed by atoms with E-state index in [2.05, 4.69) is 0 Å². The van der Waals surface area contributed by atoms with Crippen LogP contribution in [0.2, 0.25) is 0 Å². The van der Waals surface area contributed by atoms with Gasteiger partial charge >= 0.3 is 0 Å². The van der Waals surface area contributed by atoms with Gasteiger partial charge in [-0.2, -0.15) is 0 Å². The van der Waals surface area contributed by atoms with Crippen molar-refractivity contribution < 1.29 is 4.92 Å². The van der Waals surface area contributed by atoms with Gasteiger partial charge in [0.2, 0.25) is 6.04 Å². The van der Waals surface area contributed by atoms with Crippen LogP contribution in [0, 0.1) is 10.1 Å². The van der Waals surface area contributed by atoms with E-state index >= 15 is 0 Å². The molecule has 0 heterocycles. The summed E-state index contributed by atoms with van der Waals surface area (Å²) in [5.74, 6) is -0.0313. The number of hydrogen-bond donors (Lipinski definition) is 0. The lowest BCUT2D eigenvalue weighted by Crippen LogP contribution is -2.21. The van der Waals surface area contributed by atoms with Crippen molar-refractivity contribution in [1.82, 2.24) is 0 Å². The third kappa shape index (κ3) is 2.28. The highest BCUT2D eigenvalue weighted by Gasteiger charge is 2.22. The first-order chi connectivity index (χ1) is 6.13. The van der Waals surface area contributed by atoms with Gasteiger partial charge in [0.05, 0.1) is 0 Å². The predicted molar refractivity (Wildman–Crippen MR) is 51.3 cm³/mol. The van der Waals surface area contributed by atoms with Gasteiger partial charge in [-0.05, 0) is 5.56 Å². The second-order valence-corrected chi connectivity index (χ2v) is 3.23. The third-order valence-corrected chi connectivity index (χ3v) is 2.38. The van der Waals surface area contributed by atoms with Crippen LogP contribution in [0.15, 0.2) is 30.3 Å². The molecule has 0 unspecified atom stereocenters. The van der Waals surface area contributed by atoms with Crippen molar-refractivity contribution in [2.45, 2.75) is 25.8 Å². The van der Waals surface area contributed by atoms with Gasteiger partial charge < -0.3 is 0 Å². The molecule has 0 bridgehead atoms. The molecule has 3 nitrogen and oxygen atoms in total. The molecule has 0 spiro atoms. The first-order valence-electron chi connectivity index (χ1n) is 4.31. The molecule has 0 radical (unpaired) electrons. The van der Waals surface area contributed by atoms with E-state index in [-0.39, 0.29) is 10.8 Å². The molecule has 0 fully saturated rings. The van der Waals surface area contributed by atoms with Crippen LogP contribution in [0.5, 0.6) is 0 Å². The fourth-order valence-electron chi connectivity index (χ4n) is 1.22. The number of nitrogens with zero attached hydrogens (tertiary/aromatic N) is 1. The highest BCUT2D eigenvalue weighted by molar-refractivity contribution is 5.19. The molecular weight excluding hydrogens is 166 g/mol. The predicted octanol–water partition coefficient (Wildman–Crippen LogP) is 2.46. The molecule has 0 saturated heterocycles. The molecule has 1 aromatic carbocycles. The molecule has 2 atom stereocenters. The van der Waals surface area contributed by atoms with Gasteiger partial charge in [-0.3, -0.25) is 10.1 Å². The average molecular weight is 179 g/mol. The molecule has 0 aliphatic rings. The maximum atomic E-state index is 10.5. The van der Waals surface area contributed by atoms with Crippen molar-refractivity contribution >= 4 is 0 Å². The molecule has 0 amide bonds. The summed E-state index contributed by atoms with van der Waals surface area (Å²) in [6, 6.07) is 9.03. The number of nitro groups is 1. The quantitative estimate of drug-likeness (QED) is 0.528. The fourth-order valence-corrected chi connectivity index (χ4v) is 1.22. The Hall–Kier alpha value is -1.38. The normalized spacial score (nSPS) is 14.9. The molecule has 1 rings (SSSR count). The summed E-state index contributed by atoms with van der Waals surface area (Å²) >= 11 is 0. The molecule has 0 aliphatic carbocycles. The van der Waals surface area contributed by atoms with Crippen LogP contribution in [0.25, 0.3) is 0 Å². The van der Waals surface area contributed by atoms with Gasteiger partial charge in [-0.1, -0.05) is 37.3 Å². The van der Waals surface area contributed by atoms with Crippen LogP contribution in [-0.4, -0.2) is 11.0 Å². The summed E-state index contributed by atoms with van der Waals surface area (Å²) in [5, 5.41) is 10.5. The average Bonchev–Trinajstić information content (AvgIpc) is 2.17. The van der Waals surface area contributed by atoms with Gasteiger partial charge in [0.1, 0.15) is 0 Å². The van der Waals surface area contributed by atoms with Crippen molar-refractivity contribution in [3.05, 3.63) is 46.0 Å². The van der Waals surface area contributed by atoms with Crippen molar-refractivity contribution in [3.8, 4) is 0 Å². The summed E-state index contributed by atoms with van der Waals surface area (Å²) < 4.78 is 0. The van der Waals surface area contributed by atoms with Crippen molar-refractivity contribution in [2.75, 3.05) is 0 Å². The molecule has 0 aromatic heterocycles. The van der Waals surface area contributed by atoms with Gasteiger partial charge in [-0.25, -0.2) is 0 Å². The van der Waals surface area contributed by atoms with E-state index in [1.807, 2.05) is 37.3 Å². The van der Waals surface area contributed by atoms with E-state index in [1.165, 1.54) is 0 Å². The van der Waals surface area contributed by atoms with Gasteiger partial charge in [0.15, 0.2) is 0 Å². The first kappa shape index (κ1) is 9.71. The summed E-state index contributed by atoms with van der Waals surface area (Å²) in [7, 11) is 0. The Morgan fingerprint density at radius 1 is 1.23 bits per heavy atom. The molecule has 0 N–H and O–H groups in total. The van der Waals surface area contributed by atoms with E-state index in [0.29, 0.717) is 0 Å². The fraction of sp³-hybridized carbons (Fsp3) is 0.400. The van der Waals surface area contributed by atoms with Crippen LogP contribution < -0.4 is 0 Å². The van der Waals surface area contributed by atoms with Crippen LogP contribution in [-0.2, 0) is 0 Å². The summed E-state index contributed by atoms with van der Waals surface area (Å²) in [5.41, 5.74) is 1.02. The van der Waals surface area contributed by atoms with Gasteiger partial charge in [0.25, 0.3) is 0 Å². The van der Waals surface area contributed by atoms with E-state index in [9.17, 15) is 10.1 Å². The second kappa shape index (κ2) is 4.03. The lowest BCUT2D eigenvalue weighted by molar-refractivity contribution is -0.521. The van der Waals surface area contributed by atoms with E-state index in [4.69, 9.17) is 0 Å². The zero-order valence-corrected chi connectivity index (χ0v) is 7.81. The molecule has 0 saturated carbocycles. The van der Waals surface area contributed by atoms with Crippen LogP contribution in [0.4, 0.5) is 0 Å². The molecule has 0 aliphatic heterocycles. The van der Waals surface area contributed by atoms with Gasteiger partial charge in [0, 0.05) is 17.8 Å². The minimum absolute atomic E-state index is 0.0313. The lowest BCUT2D eigenvalue weighted by Gasteiger charge is -2.12. The number of benzene rings is 1. The minimum Gasteiger partial charge on any atom is -0.264 e. The third-order valence-electron chi connectivity index (χ3n) is 2.38. The Morgan fingerprint density at radius 3 is 2.23 bits per heavy atom. The number of hydrogen-bond acceptors (Lipinski definition) is 2. The van der Waals surface area contributed by atoms with E-state index < -0.39 is 6.04 Å². The van der Waals surface area contributed by atoms with Gasteiger partial charge in [-0.15, -0.1) is 0 Å². The van der Waals surface area contributed by atoms with Crippen molar-refractivity contribution in [3.63, 3.8) is 0 Å². The second-order valence-electron chi connectivity index (χ2n) is 3.23. The Kier molecular flexibility index (Phi) is 3.01. The Morgan fingerprint density at radius 2 is 1.77 bits per heavy atom. The minimum atomic E-state index is -0.526. The maximum absolute atomic E-state index is 10.5. The Balaban J connectivity index is 2.79. The molecule has 1 aromatic rings. The largest absolute Gasteiger partial charge is 0.264 e. The molecular formula is C10H13NO2. The lowest BCUT2D eigenvalue weighted by atomic mass is 9.95. The highest BCUT2D eigenvalue weighted by atomic mass is 16.6. The standard InChI is InChI=1S/C10H13NO2/c1-8(9(2)11(12)13)10-6-4-3-5-7-10/h3-9H,1-2H3/t8-,9+/m0/s1. The van der Waals surface area contributed by atoms with Crippen LogP contribution in [0.3, 0.4) is 0 Å². The highest BCUT2D eigenvalue weighted by Crippen LogP contribution is 2.19. The summed E-state index contributed by atoms with van der Waals surface area (Å²) in [4.78, 5) is 10.3. The smallest absolute Gasteiger partial charge is 0.216 e. The van der Waals surface area contributed by atoms with E-state index in [0.717, 1.165) is 5.56 Å². The Labute approximate surface area is 77.5 Å². The summed E-state index contributed by atoms with van der Waals surface area (Å²) in [6.45, 7) is 3.51. The summed E-state index contributed by atoms with van der Waals surface area (Å²) in [6.07, 6.45) is 0. The van der Waals surface area contributed by atoms with Crippen LogP contribution >= 0.6 is 0 Å². The molecule has 13 heavy (non-hydrogen) atoms. The maximum Gasteiger partial charge on any atom is 0.216 e. The number of rotatable bonds is 3. The monoisotopic (exact) mass is 179 g/mol. The Bertz CT molecular complexity index is 284. The molecule has 70 valence electrons. The molecule has 3 heteroatoms. The SMILES string of the molecule is C[C@H](c1ccccc1)[C@@H](C)[N+](=O)[O-]. The van der Waals surface area contributed by atoms with Crippen molar-refractivity contribution in [1.29, 1.82) is 0 Å². The first-order valence-corrected chi connectivity index (χ1v) is 4.31. The topological polar surface area (TPSA) is 43.1 Å². The van der Waals surface area contributed by atoms with Crippen molar-refractivity contribution in [2.24, 2.45) is 0 Å². The zero-order chi connectivity index (χ0) is 9.84. The van der Waals surface area contributed by atoms with Crippen LogP contribution in [0.1, 0.15) is 25.3 Å².